The van der Waals surface area contributed by atoms with Gasteiger partial charge in [0, 0.05) is 7.05 Å². The summed E-state index contributed by atoms with van der Waals surface area (Å²) in [4.78, 5) is 4.56. The Balaban J connectivity index is 3.04. The lowest BCUT2D eigenvalue weighted by molar-refractivity contribution is 0.588. The van der Waals surface area contributed by atoms with Crippen LogP contribution in [0, 0.1) is 20.8 Å². The van der Waals surface area contributed by atoms with Gasteiger partial charge in [-0.05, 0) is 48.4 Å². The number of imidazole rings is 1. The van der Waals surface area contributed by atoms with E-state index in [9.17, 15) is 0 Å². The smallest absolute Gasteiger partial charge is 0.0955 e. The van der Waals surface area contributed by atoms with Gasteiger partial charge in [0.2, 0.25) is 0 Å². The molecular weight excluding hydrogens is 208 g/mol. The molecule has 17 heavy (non-hydrogen) atoms. The average Bonchev–Trinajstić information content (AvgIpc) is 2.56. The van der Waals surface area contributed by atoms with Crippen LogP contribution in [-0.2, 0) is 12.5 Å². The highest BCUT2D eigenvalue weighted by Gasteiger charge is 2.24. The molecule has 0 unspecified atom stereocenters. The van der Waals surface area contributed by atoms with Crippen molar-refractivity contribution < 1.29 is 0 Å². The molecule has 0 atom stereocenters. The zero-order valence-electron chi connectivity index (χ0n) is 12.0. The zero-order valence-corrected chi connectivity index (χ0v) is 12.0. The Morgan fingerprint density at radius 2 is 1.59 bits per heavy atom. The van der Waals surface area contributed by atoms with Crippen molar-refractivity contribution >= 4 is 11.0 Å². The molecule has 0 saturated carbocycles. The molecule has 0 saturated heterocycles. The Labute approximate surface area is 104 Å². The predicted octanol–water partition coefficient (Wildman–Crippen LogP) is 3.80. The number of hydrogen-bond donors (Lipinski definition) is 0. The van der Waals surface area contributed by atoms with Gasteiger partial charge in [-0.2, -0.15) is 0 Å². The van der Waals surface area contributed by atoms with Crippen molar-refractivity contribution in [3.63, 3.8) is 0 Å². The summed E-state index contributed by atoms with van der Waals surface area (Å²) < 4.78 is 2.15. The van der Waals surface area contributed by atoms with Crippen LogP contribution in [0.3, 0.4) is 0 Å². The number of benzene rings is 1. The summed E-state index contributed by atoms with van der Waals surface area (Å²) in [6, 6.07) is 0. The molecule has 0 fully saturated rings. The lowest BCUT2D eigenvalue weighted by atomic mass is 9.80. The maximum atomic E-state index is 4.56. The third-order valence-corrected chi connectivity index (χ3v) is 3.78. The summed E-state index contributed by atoms with van der Waals surface area (Å²) in [7, 11) is 2.08. The maximum absolute atomic E-state index is 4.56. The summed E-state index contributed by atoms with van der Waals surface area (Å²) in [6.07, 6.45) is 1.92. The fourth-order valence-electron chi connectivity index (χ4n) is 2.74. The minimum absolute atomic E-state index is 0.147. The Morgan fingerprint density at radius 3 is 2.12 bits per heavy atom. The molecule has 2 heteroatoms. The molecule has 0 aliphatic heterocycles. The van der Waals surface area contributed by atoms with Gasteiger partial charge < -0.3 is 4.57 Å². The van der Waals surface area contributed by atoms with E-state index < -0.39 is 0 Å². The number of rotatable bonds is 0. The second-order valence-electron chi connectivity index (χ2n) is 6.05. The van der Waals surface area contributed by atoms with Crippen molar-refractivity contribution in [2.24, 2.45) is 7.05 Å². The van der Waals surface area contributed by atoms with Crippen LogP contribution in [0.15, 0.2) is 6.33 Å². The summed E-state index contributed by atoms with van der Waals surface area (Å²) in [5.74, 6) is 0. The largest absolute Gasteiger partial charge is 0.333 e. The van der Waals surface area contributed by atoms with Gasteiger partial charge in [0.05, 0.1) is 17.4 Å². The lowest BCUT2D eigenvalue weighted by Crippen LogP contribution is -2.16. The normalized spacial score (nSPS) is 12.4. The Morgan fingerprint density at radius 1 is 1.00 bits per heavy atom. The van der Waals surface area contributed by atoms with Crippen LogP contribution in [0.5, 0.6) is 0 Å². The fourth-order valence-corrected chi connectivity index (χ4v) is 2.74. The summed E-state index contributed by atoms with van der Waals surface area (Å²) in [6.45, 7) is 13.4. The van der Waals surface area contributed by atoms with E-state index in [1.807, 2.05) is 6.33 Å². The van der Waals surface area contributed by atoms with Gasteiger partial charge in [-0.25, -0.2) is 4.98 Å². The summed E-state index contributed by atoms with van der Waals surface area (Å²) >= 11 is 0. The molecule has 92 valence electrons. The average molecular weight is 230 g/mol. The van der Waals surface area contributed by atoms with Gasteiger partial charge in [0.15, 0.2) is 0 Å². The maximum Gasteiger partial charge on any atom is 0.0955 e. The predicted molar refractivity (Wildman–Crippen MR) is 73.6 cm³/mol. The van der Waals surface area contributed by atoms with Crippen molar-refractivity contribution in [1.82, 2.24) is 9.55 Å². The van der Waals surface area contributed by atoms with Crippen LogP contribution in [0.2, 0.25) is 0 Å². The van der Waals surface area contributed by atoms with Crippen molar-refractivity contribution in [3.05, 3.63) is 28.6 Å². The second kappa shape index (κ2) is 3.59. The van der Waals surface area contributed by atoms with Crippen LogP contribution in [0.4, 0.5) is 0 Å². The van der Waals surface area contributed by atoms with Crippen molar-refractivity contribution in [3.8, 4) is 0 Å². The van der Waals surface area contributed by atoms with E-state index >= 15 is 0 Å². The lowest BCUT2D eigenvalue weighted by Gasteiger charge is -2.25. The number of hydrogen-bond acceptors (Lipinski definition) is 1. The Kier molecular flexibility index (Phi) is 2.57. The first-order valence-electron chi connectivity index (χ1n) is 6.16. The highest BCUT2D eigenvalue weighted by atomic mass is 15.0. The van der Waals surface area contributed by atoms with Crippen LogP contribution < -0.4 is 0 Å². The number of aromatic nitrogens is 2. The minimum atomic E-state index is 0.147. The Bertz CT molecular complexity index is 583. The van der Waals surface area contributed by atoms with Crippen LogP contribution in [0.25, 0.3) is 11.0 Å². The molecule has 2 aromatic rings. The fraction of sp³-hybridized carbons (Fsp3) is 0.533. The van der Waals surface area contributed by atoms with Gasteiger partial charge in [-0.15, -0.1) is 0 Å². The first kappa shape index (κ1) is 12.2. The van der Waals surface area contributed by atoms with E-state index in [2.05, 4.69) is 58.1 Å². The van der Waals surface area contributed by atoms with Gasteiger partial charge in [-0.1, -0.05) is 20.8 Å². The molecular formula is C15H22N2. The standard InChI is InChI=1S/C15H22N2/c1-9-10(2)12(15(4,5)6)14-13(11(9)3)16-8-17(14)7/h8H,1-7H3. The third kappa shape index (κ3) is 1.67. The first-order chi connectivity index (χ1) is 7.75. The van der Waals surface area contributed by atoms with E-state index in [0.717, 1.165) is 5.52 Å². The molecule has 1 heterocycles. The van der Waals surface area contributed by atoms with E-state index in [4.69, 9.17) is 0 Å². The SMILES string of the molecule is Cc1c(C)c(C(C)(C)C)c2c(ncn2C)c1C. The van der Waals surface area contributed by atoms with Gasteiger partial charge in [0.1, 0.15) is 0 Å². The van der Waals surface area contributed by atoms with E-state index in [0.29, 0.717) is 0 Å². The van der Waals surface area contributed by atoms with Crippen molar-refractivity contribution in [2.45, 2.75) is 47.0 Å². The summed E-state index contributed by atoms with van der Waals surface area (Å²) in [5, 5.41) is 0. The molecule has 0 spiro atoms. The minimum Gasteiger partial charge on any atom is -0.333 e. The molecule has 0 bridgehead atoms. The molecule has 0 radical (unpaired) electrons. The highest BCUT2D eigenvalue weighted by Crippen LogP contribution is 2.36. The molecule has 0 aliphatic rings. The third-order valence-electron chi connectivity index (χ3n) is 3.78. The van der Waals surface area contributed by atoms with Crippen LogP contribution in [-0.4, -0.2) is 9.55 Å². The molecule has 0 N–H and O–H groups in total. The van der Waals surface area contributed by atoms with Crippen molar-refractivity contribution in [2.75, 3.05) is 0 Å². The zero-order chi connectivity index (χ0) is 13.0. The molecule has 0 aliphatic carbocycles. The van der Waals surface area contributed by atoms with Gasteiger partial charge in [0.25, 0.3) is 0 Å². The topological polar surface area (TPSA) is 17.8 Å². The number of aryl methyl sites for hydroxylation is 2. The molecule has 2 rings (SSSR count). The second-order valence-corrected chi connectivity index (χ2v) is 6.05. The van der Waals surface area contributed by atoms with Gasteiger partial charge >= 0.3 is 0 Å². The van der Waals surface area contributed by atoms with Gasteiger partial charge in [-0.3, -0.25) is 0 Å². The van der Waals surface area contributed by atoms with E-state index in [1.54, 1.807) is 0 Å². The number of nitrogens with zero attached hydrogens (tertiary/aromatic N) is 2. The monoisotopic (exact) mass is 230 g/mol. The van der Waals surface area contributed by atoms with E-state index in [-0.39, 0.29) is 5.41 Å². The number of fused-ring (bicyclic) bond motifs is 1. The van der Waals surface area contributed by atoms with Crippen molar-refractivity contribution in [1.29, 1.82) is 0 Å². The highest BCUT2D eigenvalue weighted by molar-refractivity contribution is 5.86. The van der Waals surface area contributed by atoms with Crippen LogP contribution in [0.1, 0.15) is 43.0 Å². The first-order valence-corrected chi connectivity index (χ1v) is 6.16. The quantitative estimate of drug-likeness (QED) is 0.673. The molecule has 0 amide bonds. The van der Waals surface area contributed by atoms with E-state index in [1.165, 1.54) is 27.8 Å². The molecule has 2 nitrogen and oxygen atoms in total. The molecule has 1 aromatic carbocycles. The Hall–Kier alpha value is -1.31. The molecule has 1 aromatic heterocycles. The van der Waals surface area contributed by atoms with Crippen LogP contribution >= 0.6 is 0 Å². The summed E-state index contributed by atoms with van der Waals surface area (Å²) in [5.41, 5.74) is 8.11.